The molecule has 1 aromatic heterocycles. The van der Waals surface area contributed by atoms with E-state index >= 15 is 0 Å². The zero-order valence-corrected chi connectivity index (χ0v) is 24.6. The minimum Gasteiger partial charge on any atom is -0.493 e. The molecule has 44 heavy (non-hydrogen) atoms. The summed E-state index contributed by atoms with van der Waals surface area (Å²) in [6, 6.07) is 3.73. The van der Waals surface area contributed by atoms with Crippen LogP contribution in [-0.4, -0.2) is 70.5 Å². The van der Waals surface area contributed by atoms with Gasteiger partial charge >= 0.3 is 6.03 Å². The number of aromatic amines is 1. The normalized spacial score (nSPS) is 18.4. The molecule has 5 rings (SSSR count). The Hall–Kier alpha value is -5.67. The molecule has 16 heteroatoms. The highest BCUT2D eigenvalue weighted by Gasteiger charge is 2.65. The predicted octanol–water partition coefficient (Wildman–Crippen LogP) is 1.05. The van der Waals surface area contributed by atoms with Gasteiger partial charge in [0, 0.05) is 5.92 Å². The molecular weight excluding hydrogens is 580 g/mol. The quantitative estimate of drug-likeness (QED) is 0.226. The molecule has 6 N–H and O–H groups in total. The molecular formula is C28H30N6O10. The average Bonchev–Trinajstić information content (AvgIpc) is 3.01. The van der Waals surface area contributed by atoms with E-state index < -0.39 is 40.8 Å². The number of urea groups is 1. The van der Waals surface area contributed by atoms with Crippen LogP contribution >= 0.6 is 0 Å². The molecule has 0 aliphatic carbocycles. The van der Waals surface area contributed by atoms with E-state index in [9.17, 15) is 19.2 Å². The number of rotatable bonds is 8. The van der Waals surface area contributed by atoms with Crippen molar-refractivity contribution in [3.05, 3.63) is 51.3 Å². The number of aromatic nitrogens is 2. The van der Waals surface area contributed by atoms with Gasteiger partial charge in [-0.05, 0) is 35.4 Å². The smallest absolute Gasteiger partial charge is 0.328 e. The summed E-state index contributed by atoms with van der Waals surface area (Å²) in [5, 5.41) is 7.49. The van der Waals surface area contributed by atoms with E-state index in [-0.39, 0.29) is 63.0 Å². The molecule has 2 aliphatic rings. The standard InChI is InChI=1S/C28H30N6O10/c1-39-13-7-11(8-14(40-2)19(13)43-5)18-17-22(31-26(29)32-23(17)35)30-21(28(18)24(36)33-27(38)34-25(28)37)12-9-15(41-3)20(44-6)16(10-12)42-4/h7-10,18,21H,1-6H3,(H4,29,30,31,32,35)(H2,33,34,36,37,38). The summed E-state index contributed by atoms with van der Waals surface area (Å²) >= 11 is 0. The SMILES string of the molecule is COc1cc(C2Nc3nc(N)[nH]c(=O)c3C(c3cc(OC)c(OC)c(OC)c3)C23C(=O)NC(=O)NC3=O)cc(OC)c1OC. The summed E-state index contributed by atoms with van der Waals surface area (Å²) < 4.78 is 33.1. The van der Waals surface area contributed by atoms with Crippen LogP contribution in [-0.2, 0) is 9.59 Å². The number of nitrogen functional groups attached to an aromatic ring is 1. The molecule has 2 aliphatic heterocycles. The van der Waals surface area contributed by atoms with Crippen LogP contribution in [0.2, 0.25) is 0 Å². The van der Waals surface area contributed by atoms with Crippen molar-refractivity contribution < 1.29 is 42.8 Å². The van der Waals surface area contributed by atoms with Crippen LogP contribution in [0, 0.1) is 5.41 Å². The van der Waals surface area contributed by atoms with Crippen molar-refractivity contribution in [2.24, 2.45) is 5.41 Å². The summed E-state index contributed by atoms with van der Waals surface area (Å²) in [5.74, 6) is -2.43. The van der Waals surface area contributed by atoms with E-state index in [0.717, 1.165) is 0 Å². The number of nitrogens with zero attached hydrogens (tertiary/aromatic N) is 1. The Kier molecular flexibility index (Phi) is 7.59. The second-order valence-electron chi connectivity index (χ2n) is 9.75. The van der Waals surface area contributed by atoms with Crippen molar-refractivity contribution in [3.8, 4) is 34.5 Å². The Morgan fingerprint density at radius 2 is 1.16 bits per heavy atom. The fraction of sp³-hybridized carbons (Fsp3) is 0.321. The molecule has 1 saturated heterocycles. The number of benzene rings is 2. The van der Waals surface area contributed by atoms with Gasteiger partial charge in [0.2, 0.25) is 29.3 Å². The Morgan fingerprint density at radius 1 is 0.705 bits per heavy atom. The van der Waals surface area contributed by atoms with Gasteiger partial charge in [-0.15, -0.1) is 0 Å². The molecule has 3 aromatic rings. The molecule has 0 saturated carbocycles. The number of ether oxygens (including phenoxy) is 6. The van der Waals surface area contributed by atoms with Crippen molar-refractivity contribution in [3.63, 3.8) is 0 Å². The molecule has 4 amide bonds. The van der Waals surface area contributed by atoms with Crippen LogP contribution in [0.25, 0.3) is 0 Å². The fourth-order valence-corrected chi connectivity index (χ4v) is 5.91. The van der Waals surface area contributed by atoms with Crippen LogP contribution in [0.15, 0.2) is 29.1 Å². The summed E-state index contributed by atoms with van der Waals surface area (Å²) in [4.78, 5) is 61.3. The summed E-state index contributed by atoms with van der Waals surface area (Å²) in [6.07, 6.45) is 0. The second kappa shape index (κ2) is 11.2. The third-order valence-corrected chi connectivity index (χ3v) is 7.70. The van der Waals surface area contributed by atoms with Crippen LogP contribution < -0.4 is 55.7 Å². The van der Waals surface area contributed by atoms with Gasteiger partial charge in [-0.1, -0.05) is 0 Å². The van der Waals surface area contributed by atoms with E-state index in [4.69, 9.17) is 34.2 Å². The molecule has 2 atom stereocenters. The molecule has 1 fully saturated rings. The first-order chi connectivity index (χ1) is 21.1. The molecule has 2 unspecified atom stereocenters. The molecule has 3 heterocycles. The Morgan fingerprint density at radius 3 is 1.59 bits per heavy atom. The van der Waals surface area contributed by atoms with E-state index in [2.05, 4.69) is 25.9 Å². The van der Waals surface area contributed by atoms with Gasteiger partial charge in [0.1, 0.15) is 5.82 Å². The number of anilines is 2. The Balaban J connectivity index is 1.94. The van der Waals surface area contributed by atoms with Gasteiger partial charge in [0.15, 0.2) is 28.4 Å². The lowest BCUT2D eigenvalue weighted by atomic mass is 9.59. The number of fused-ring (bicyclic) bond motifs is 1. The first-order valence-electron chi connectivity index (χ1n) is 13.0. The van der Waals surface area contributed by atoms with Crippen molar-refractivity contribution in [2.45, 2.75) is 12.0 Å². The van der Waals surface area contributed by atoms with Crippen LogP contribution in [0.5, 0.6) is 34.5 Å². The zero-order valence-electron chi connectivity index (χ0n) is 24.6. The average molecular weight is 611 g/mol. The number of hydrogen-bond acceptors (Lipinski definition) is 13. The highest BCUT2D eigenvalue weighted by atomic mass is 16.5. The lowest BCUT2D eigenvalue weighted by Gasteiger charge is -2.48. The number of carbonyl (C=O) groups is 3. The van der Waals surface area contributed by atoms with E-state index in [0.29, 0.717) is 0 Å². The number of carbonyl (C=O) groups excluding carboxylic acids is 3. The number of barbiturate groups is 1. The predicted molar refractivity (Wildman–Crippen MR) is 154 cm³/mol. The number of imide groups is 2. The highest BCUT2D eigenvalue weighted by molar-refractivity contribution is 6.21. The largest absolute Gasteiger partial charge is 0.493 e. The Labute approximate surface area is 250 Å². The molecule has 0 radical (unpaired) electrons. The van der Waals surface area contributed by atoms with Gasteiger partial charge < -0.3 is 39.5 Å². The van der Waals surface area contributed by atoms with Gasteiger partial charge in [-0.2, -0.15) is 4.98 Å². The topological polar surface area (TPSA) is 214 Å². The molecule has 0 bridgehead atoms. The second-order valence-corrected chi connectivity index (χ2v) is 9.75. The fourth-order valence-electron chi connectivity index (χ4n) is 5.91. The number of nitrogens with two attached hydrogens (primary N) is 1. The van der Waals surface area contributed by atoms with E-state index in [1.165, 1.54) is 66.9 Å². The van der Waals surface area contributed by atoms with Crippen LogP contribution in [0.4, 0.5) is 16.6 Å². The molecule has 232 valence electrons. The van der Waals surface area contributed by atoms with Crippen molar-refractivity contribution in [2.75, 3.05) is 53.7 Å². The monoisotopic (exact) mass is 610 g/mol. The lowest BCUT2D eigenvalue weighted by Crippen LogP contribution is -2.68. The third-order valence-electron chi connectivity index (χ3n) is 7.70. The molecule has 1 spiro atoms. The summed E-state index contributed by atoms with van der Waals surface area (Å²) in [5.41, 5.74) is 3.31. The van der Waals surface area contributed by atoms with Crippen molar-refractivity contribution in [1.29, 1.82) is 0 Å². The number of H-pyrrole nitrogens is 1. The van der Waals surface area contributed by atoms with Crippen molar-refractivity contribution in [1.82, 2.24) is 20.6 Å². The maximum atomic E-state index is 14.2. The third kappa shape index (κ3) is 4.33. The minimum atomic E-state index is -2.26. The number of hydrogen-bond donors (Lipinski definition) is 5. The van der Waals surface area contributed by atoms with Gasteiger partial charge in [-0.25, -0.2) is 4.79 Å². The van der Waals surface area contributed by atoms with Gasteiger partial charge in [0.05, 0.1) is 54.3 Å². The van der Waals surface area contributed by atoms with Crippen LogP contribution in [0.3, 0.4) is 0 Å². The Bertz CT molecular complexity index is 1670. The highest BCUT2D eigenvalue weighted by Crippen LogP contribution is 2.58. The molecule has 16 nitrogen and oxygen atoms in total. The van der Waals surface area contributed by atoms with Gasteiger partial charge in [-0.3, -0.25) is 30.0 Å². The molecule has 2 aromatic carbocycles. The number of methoxy groups -OCH3 is 6. The van der Waals surface area contributed by atoms with Gasteiger partial charge in [0.25, 0.3) is 5.56 Å². The summed E-state index contributed by atoms with van der Waals surface area (Å²) in [7, 11) is 8.41. The van der Waals surface area contributed by atoms with Crippen molar-refractivity contribution >= 4 is 29.6 Å². The van der Waals surface area contributed by atoms with E-state index in [1.807, 2.05) is 0 Å². The first kappa shape index (κ1) is 29.8. The lowest BCUT2D eigenvalue weighted by molar-refractivity contribution is -0.147. The van der Waals surface area contributed by atoms with Crippen LogP contribution in [0.1, 0.15) is 28.7 Å². The first-order valence-corrected chi connectivity index (χ1v) is 13.0. The zero-order chi connectivity index (χ0) is 31.9. The maximum Gasteiger partial charge on any atom is 0.328 e. The number of amides is 4. The minimum absolute atomic E-state index is 0.0214. The summed E-state index contributed by atoms with van der Waals surface area (Å²) in [6.45, 7) is 0. The number of nitrogens with one attached hydrogen (secondary N) is 4. The maximum absolute atomic E-state index is 14.2. The van der Waals surface area contributed by atoms with E-state index in [1.54, 1.807) is 0 Å².